The molecular formula is C28H31N3O4. The van der Waals surface area contributed by atoms with E-state index in [1.54, 1.807) is 7.11 Å². The third-order valence-electron chi connectivity index (χ3n) is 6.29. The van der Waals surface area contributed by atoms with Gasteiger partial charge in [-0.1, -0.05) is 67.0 Å². The van der Waals surface area contributed by atoms with Crippen LogP contribution in [0.1, 0.15) is 42.1 Å². The lowest BCUT2D eigenvalue weighted by Gasteiger charge is -2.16. The lowest BCUT2D eigenvalue weighted by Crippen LogP contribution is -2.29. The highest BCUT2D eigenvalue weighted by molar-refractivity contribution is 5.80. The summed E-state index contributed by atoms with van der Waals surface area (Å²) >= 11 is 0. The molecule has 0 radical (unpaired) electrons. The van der Waals surface area contributed by atoms with Crippen molar-refractivity contribution < 1.29 is 9.26 Å². The number of pyridine rings is 1. The molecule has 0 aliphatic carbocycles. The number of ether oxygens (including phenoxy) is 1. The second-order valence-corrected chi connectivity index (χ2v) is 8.71. The van der Waals surface area contributed by atoms with Crippen LogP contribution < -0.4 is 11.3 Å². The molecule has 0 atom stereocenters. The molecule has 2 aromatic carbocycles. The van der Waals surface area contributed by atoms with Crippen LogP contribution in [0.3, 0.4) is 0 Å². The smallest absolute Gasteiger partial charge is 0.383 e. The first-order valence-corrected chi connectivity index (χ1v) is 12.0. The summed E-state index contributed by atoms with van der Waals surface area (Å²) in [6.07, 6.45) is 3.60. The minimum Gasteiger partial charge on any atom is -0.383 e. The molecule has 182 valence electrons. The second-order valence-electron chi connectivity index (χ2n) is 8.71. The van der Waals surface area contributed by atoms with E-state index < -0.39 is 5.76 Å². The highest BCUT2D eigenvalue weighted by Gasteiger charge is 2.15. The van der Waals surface area contributed by atoms with Crippen molar-refractivity contribution >= 4 is 0 Å². The van der Waals surface area contributed by atoms with Gasteiger partial charge >= 0.3 is 5.76 Å². The first-order chi connectivity index (χ1) is 17.0. The van der Waals surface area contributed by atoms with Gasteiger partial charge in [-0.2, -0.15) is 0 Å². The number of hydrogen-bond donors (Lipinski definition) is 1. The van der Waals surface area contributed by atoms with Crippen molar-refractivity contribution in [2.75, 3.05) is 13.7 Å². The number of unbranched alkanes of at least 4 members (excludes halogenated alkanes) is 1. The number of nitrogens with zero attached hydrogens (tertiary/aromatic N) is 2. The topological polar surface area (TPSA) is 90.1 Å². The van der Waals surface area contributed by atoms with E-state index in [0.717, 1.165) is 58.3 Å². The van der Waals surface area contributed by atoms with Gasteiger partial charge in [-0.25, -0.2) is 4.79 Å². The van der Waals surface area contributed by atoms with Crippen LogP contribution in [0.4, 0.5) is 0 Å². The van der Waals surface area contributed by atoms with Gasteiger partial charge in [0.25, 0.3) is 5.56 Å². The van der Waals surface area contributed by atoms with Crippen LogP contribution in [0.2, 0.25) is 0 Å². The first kappa shape index (κ1) is 24.4. The summed E-state index contributed by atoms with van der Waals surface area (Å²) in [5.41, 5.74) is 6.80. The zero-order valence-corrected chi connectivity index (χ0v) is 20.5. The number of nitrogens with one attached hydrogen (secondary N) is 1. The fourth-order valence-electron chi connectivity index (χ4n) is 4.41. The molecule has 0 spiro atoms. The van der Waals surface area contributed by atoms with Crippen LogP contribution in [0.15, 0.2) is 68.7 Å². The lowest BCUT2D eigenvalue weighted by atomic mass is 9.94. The average Bonchev–Trinajstić information content (AvgIpc) is 3.31. The van der Waals surface area contributed by atoms with E-state index in [1.165, 1.54) is 0 Å². The number of H-pyrrole nitrogens is 1. The number of benzene rings is 2. The first-order valence-electron chi connectivity index (χ1n) is 12.0. The number of methoxy groups -OCH3 is 1. The molecule has 0 bridgehead atoms. The lowest BCUT2D eigenvalue weighted by molar-refractivity contribution is 0.185. The Hall–Kier alpha value is -3.71. The Bertz CT molecular complexity index is 1400. The molecule has 0 aliphatic heterocycles. The van der Waals surface area contributed by atoms with Gasteiger partial charge in [-0.15, -0.1) is 0 Å². The van der Waals surface area contributed by atoms with E-state index in [-0.39, 0.29) is 5.56 Å². The Morgan fingerprint density at radius 3 is 2.46 bits per heavy atom. The van der Waals surface area contributed by atoms with Gasteiger partial charge < -0.3 is 9.30 Å². The van der Waals surface area contributed by atoms with Gasteiger partial charge in [-0.05, 0) is 48.1 Å². The van der Waals surface area contributed by atoms with Crippen molar-refractivity contribution in [2.45, 2.75) is 46.1 Å². The van der Waals surface area contributed by atoms with Crippen LogP contribution >= 0.6 is 0 Å². The SMILES string of the molecule is CCCCc1cc(C)n(CCOC)c(=O)c1Cc1ccc(-c2ccccc2-c2noc(=O)[nH]2)cc1. The summed E-state index contributed by atoms with van der Waals surface area (Å²) in [6, 6.07) is 18.1. The normalized spacial score (nSPS) is 11.2. The van der Waals surface area contributed by atoms with Crippen LogP contribution in [0.5, 0.6) is 0 Å². The Kier molecular flexibility index (Phi) is 7.77. The van der Waals surface area contributed by atoms with E-state index in [0.29, 0.717) is 25.4 Å². The molecule has 0 saturated carbocycles. The molecule has 4 aromatic rings. The van der Waals surface area contributed by atoms with Crippen molar-refractivity contribution in [3.63, 3.8) is 0 Å². The average molecular weight is 474 g/mol. The monoisotopic (exact) mass is 473 g/mol. The summed E-state index contributed by atoms with van der Waals surface area (Å²) in [5, 5.41) is 3.84. The molecule has 7 nitrogen and oxygen atoms in total. The van der Waals surface area contributed by atoms with Gasteiger partial charge in [0.15, 0.2) is 5.82 Å². The van der Waals surface area contributed by atoms with Crippen molar-refractivity contribution in [1.82, 2.24) is 14.7 Å². The minimum absolute atomic E-state index is 0.0672. The second kappa shape index (κ2) is 11.1. The van der Waals surface area contributed by atoms with Gasteiger partial charge in [0.2, 0.25) is 0 Å². The van der Waals surface area contributed by atoms with Gasteiger partial charge in [0.05, 0.1) is 6.61 Å². The number of rotatable bonds is 10. The fourth-order valence-corrected chi connectivity index (χ4v) is 4.41. The van der Waals surface area contributed by atoms with E-state index >= 15 is 0 Å². The van der Waals surface area contributed by atoms with Gasteiger partial charge in [0, 0.05) is 36.9 Å². The molecule has 0 saturated heterocycles. The molecule has 1 N–H and O–H groups in total. The van der Waals surface area contributed by atoms with Crippen LogP contribution in [-0.2, 0) is 24.1 Å². The quantitative estimate of drug-likeness (QED) is 0.359. The number of aryl methyl sites for hydroxylation is 2. The number of aromatic nitrogens is 3. The molecule has 35 heavy (non-hydrogen) atoms. The largest absolute Gasteiger partial charge is 0.439 e. The van der Waals surface area contributed by atoms with Crippen molar-refractivity contribution in [3.8, 4) is 22.5 Å². The summed E-state index contributed by atoms with van der Waals surface area (Å²) in [4.78, 5) is 27.5. The zero-order valence-electron chi connectivity index (χ0n) is 20.5. The summed E-state index contributed by atoms with van der Waals surface area (Å²) in [7, 11) is 1.65. The van der Waals surface area contributed by atoms with E-state index in [2.05, 4.69) is 39.8 Å². The van der Waals surface area contributed by atoms with E-state index in [1.807, 2.05) is 47.9 Å². The predicted molar refractivity (Wildman–Crippen MR) is 137 cm³/mol. The molecule has 4 rings (SSSR count). The maximum atomic E-state index is 13.4. The zero-order chi connectivity index (χ0) is 24.8. The molecule has 2 heterocycles. The molecule has 0 unspecified atom stereocenters. The van der Waals surface area contributed by atoms with Crippen LogP contribution in [0, 0.1) is 6.92 Å². The predicted octanol–water partition coefficient (Wildman–Crippen LogP) is 4.75. The Balaban J connectivity index is 1.67. The highest BCUT2D eigenvalue weighted by Crippen LogP contribution is 2.30. The van der Waals surface area contributed by atoms with Crippen molar-refractivity contribution in [3.05, 3.63) is 97.9 Å². The summed E-state index contributed by atoms with van der Waals surface area (Å²) < 4.78 is 11.7. The standard InChI is InChI=1S/C28H31N3O4/c1-4-5-8-22-17-19(2)31(15-16-34-3)27(32)25(22)18-20-11-13-21(14-12-20)23-9-6-7-10-24(23)26-29-28(33)35-30-26/h6-7,9-14,17H,4-5,8,15-16,18H2,1-3H3,(H,29,30,33). The third kappa shape index (κ3) is 5.52. The van der Waals surface area contributed by atoms with E-state index in [9.17, 15) is 9.59 Å². The number of aromatic amines is 1. The molecular weight excluding hydrogens is 442 g/mol. The minimum atomic E-state index is -0.585. The van der Waals surface area contributed by atoms with E-state index in [4.69, 9.17) is 4.74 Å². The highest BCUT2D eigenvalue weighted by atomic mass is 16.5. The van der Waals surface area contributed by atoms with Crippen LogP contribution in [0.25, 0.3) is 22.5 Å². The summed E-state index contributed by atoms with van der Waals surface area (Å²) in [6.45, 7) is 5.20. The van der Waals surface area contributed by atoms with Crippen molar-refractivity contribution in [2.24, 2.45) is 0 Å². The number of hydrogen-bond acceptors (Lipinski definition) is 5. The maximum Gasteiger partial charge on any atom is 0.439 e. The molecule has 7 heteroatoms. The Morgan fingerprint density at radius 2 is 1.80 bits per heavy atom. The van der Waals surface area contributed by atoms with Crippen molar-refractivity contribution in [1.29, 1.82) is 0 Å². The Labute approximate surface area is 204 Å². The fraction of sp³-hybridized carbons (Fsp3) is 0.321. The van der Waals surface area contributed by atoms with Crippen LogP contribution in [-0.4, -0.2) is 28.4 Å². The molecule has 0 amide bonds. The molecule has 0 fully saturated rings. The molecule has 2 aromatic heterocycles. The maximum absolute atomic E-state index is 13.4. The third-order valence-corrected chi connectivity index (χ3v) is 6.29. The van der Waals surface area contributed by atoms with Gasteiger partial charge in [0.1, 0.15) is 0 Å². The van der Waals surface area contributed by atoms with Gasteiger partial charge in [-0.3, -0.25) is 14.3 Å². The Morgan fingerprint density at radius 1 is 1.06 bits per heavy atom. The molecule has 0 aliphatic rings. The summed E-state index contributed by atoms with van der Waals surface area (Å²) in [5.74, 6) is -0.190.